The van der Waals surface area contributed by atoms with Crippen LogP contribution < -0.4 is 5.32 Å². The van der Waals surface area contributed by atoms with Gasteiger partial charge in [-0.3, -0.25) is 0 Å². The third-order valence-electron chi connectivity index (χ3n) is 3.78. The first kappa shape index (κ1) is 15.9. The predicted octanol–water partition coefficient (Wildman–Crippen LogP) is 2.68. The monoisotopic (exact) mass is 298 g/mol. The summed E-state index contributed by atoms with van der Waals surface area (Å²) in [6, 6.07) is 0.182. The zero-order valence-corrected chi connectivity index (χ0v) is 13.3. The lowest BCUT2D eigenvalue weighted by Gasteiger charge is -2.18. The van der Waals surface area contributed by atoms with Gasteiger partial charge in [0.1, 0.15) is 5.01 Å². The molecule has 0 aliphatic heterocycles. The van der Waals surface area contributed by atoms with Crippen LogP contribution in [0.1, 0.15) is 55.5 Å². The van der Waals surface area contributed by atoms with Crippen molar-refractivity contribution in [1.82, 2.24) is 10.3 Å². The molecule has 0 bridgehead atoms. The highest BCUT2D eigenvalue weighted by atomic mass is 32.1. The van der Waals surface area contributed by atoms with E-state index in [-0.39, 0.29) is 6.04 Å². The Balaban J connectivity index is 1.65. The van der Waals surface area contributed by atoms with Crippen LogP contribution in [-0.4, -0.2) is 35.5 Å². The summed E-state index contributed by atoms with van der Waals surface area (Å²) in [5, 5.41) is 14.4. The van der Waals surface area contributed by atoms with Crippen molar-refractivity contribution in [3.63, 3.8) is 0 Å². The Bertz CT molecular complexity index is 391. The molecule has 1 aromatic rings. The minimum Gasteiger partial charge on any atom is -0.389 e. The molecule has 2 unspecified atom stereocenters. The van der Waals surface area contributed by atoms with Gasteiger partial charge in [0, 0.05) is 17.6 Å². The lowest BCUT2D eigenvalue weighted by atomic mass is 10.3. The predicted molar refractivity (Wildman–Crippen MR) is 82.1 cm³/mol. The average molecular weight is 298 g/mol. The van der Waals surface area contributed by atoms with Crippen molar-refractivity contribution in [1.29, 1.82) is 0 Å². The van der Waals surface area contributed by atoms with Crippen LogP contribution in [-0.2, 0) is 11.2 Å². The zero-order chi connectivity index (χ0) is 14.4. The van der Waals surface area contributed by atoms with Gasteiger partial charge in [-0.15, -0.1) is 11.3 Å². The molecule has 0 saturated heterocycles. The maximum Gasteiger partial charge on any atom is 0.109 e. The highest BCUT2D eigenvalue weighted by molar-refractivity contribution is 7.11. The molecule has 1 fully saturated rings. The van der Waals surface area contributed by atoms with Crippen LogP contribution in [0.15, 0.2) is 6.20 Å². The van der Waals surface area contributed by atoms with Crippen molar-refractivity contribution in [3.05, 3.63) is 16.1 Å². The Kier molecular flexibility index (Phi) is 6.42. The fourth-order valence-corrected chi connectivity index (χ4v) is 3.33. The zero-order valence-electron chi connectivity index (χ0n) is 12.5. The number of nitrogens with zero attached hydrogens (tertiary/aromatic N) is 1. The molecule has 2 atom stereocenters. The van der Waals surface area contributed by atoms with E-state index >= 15 is 0 Å². The maximum absolute atomic E-state index is 9.95. The van der Waals surface area contributed by atoms with E-state index < -0.39 is 6.10 Å². The van der Waals surface area contributed by atoms with Gasteiger partial charge in [-0.05, 0) is 26.2 Å². The molecule has 5 heteroatoms. The van der Waals surface area contributed by atoms with Crippen LogP contribution >= 0.6 is 11.3 Å². The summed E-state index contributed by atoms with van der Waals surface area (Å²) in [7, 11) is 0. The number of ether oxygens (including phenoxy) is 1. The standard InChI is InChI=1S/C15H26N2O2S/c1-3-14-9-17-15(20-14)11(2)16-8-12(18)10-19-13-6-4-5-7-13/h9,11-13,16,18H,3-8,10H2,1-2H3. The molecule has 114 valence electrons. The van der Waals surface area contributed by atoms with Crippen LogP contribution in [0.5, 0.6) is 0 Å². The topological polar surface area (TPSA) is 54.4 Å². The van der Waals surface area contributed by atoms with Crippen LogP contribution in [0.4, 0.5) is 0 Å². The number of thiazole rings is 1. The minimum absolute atomic E-state index is 0.182. The van der Waals surface area contributed by atoms with Gasteiger partial charge < -0.3 is 15.2 Å². The van der Waals surface area contributed by atoms with Gasteiger partial charge in [0.05, 0.1) is 24.9 Å². The third kappa shape index (κ3) is 4.81. The fourth-order valence-electron chi connectivity index (χ4n) is 2.45. The number of aliphatic hydroxyl groups excluding tert-OH is 1. The van der Waals surface area contributed by atoms with E-state index in [0.29, 0.717) is 19.3 Å². The van der Waals surface area contributed by atoms with E-state index in [1.54, 1.807) is 11.3 Å². The Morgan fingerprint density at radius 3 is 2.90 bits per heavy atom. The Hall–Kier alpha value is -0.490. The molecule has 1 aliphatic rings. The number of nitrogens with one attached hydrogen (secondary N) is 1. The van der Waals surface area contributed by atoms with Gasteiger partial charge in [-0.1, -0.05) is 19.8 Å². The molecule has 20 heavy (non-hydrogen) atoms. The van der Waals surface area contributed by atoms with Crippen LogP contribution in [0.25, 0.3) is 0 Å². The first-order valence-corrected chi connectivity index (χ1v) is 8.48. The van der Waals surface area contributed by atoms with Crippen LogP contribution in [0.2, 0.25) is 0 Å². The molecule has 0 aromatic carbocycles. The lowest BCUT2D eigenvalue weighted by molar-refractivity contribution is -0.00610. The molecular weight excluding hydrogens is 272 g/mol. The molecule has 1 heterocycles. The smallest absolute Gasteiger partial charge is 0.109 e. The maximum atomic E-state index is 9.95. The van der Waals surface area contributed by atoms with E-state index in [1.807, 2.05) is 6.20 Å². The van der Waals surface area contributed by atoms with Gasteiger partial charge in [0.15, 0.2) is 0 Å². The van der Waals surface area contributed by atoms with Crippen molar-refractivity contribution in [2.75, 3.05) is 13.2 Å². The van der Waals surface area contributed by atoms with E-state index in [0.717, 1.165) is 24.3 Å². The van der Waals surface area contributed by atoms with Crippen molar-refractivity contribution < 1.29 is 9.84 Å². The Morgan fingerprint density at radius 1 is 1.50 bits per heavy atom. The fraction of sp³-hybridized carbons (Fsp3) is 0.800. The first-order chi connectivity index (χ1) is 9.69. The summed E-state index contributed by atoms with van der Waals surface area (Å²) in [6.07, 6.45) is 7.72. The highest BCUT2D eigenvalue weighted by Crippen LogP contribution is 2.21. The normalized spacial score (nSPS) is 19.4. The summed E-state index contributed by atoms with van der Waals surface area (Å²) >= 11 is 1.74. The van der Waals surface area contributed by atoms with Gasteiger partial charge in [-0.2, -0.15) is 0 Å². The van der Waals surface area contributed by atoms with Gasteiger partial charge in [-0.25, -0.2) is 4.98 Å². The number of hydrogen-bond donors (Lipinski definition) is 2. The average Bonchev–Trinajstić information content (AvgIpc) is 3.12. The number of hydrogen-bond acceptors (Lipinski definition) is 5. The molecule has 1 saturated carbocycles. The van der Waals surface area contributed by atoms with Crippen molar-refractivity contribution in [2.45, 2.75) is 64.2 Å². The SMILES string of the molecule is CCc1cnc(C(C)NCC(O)COC2CCCC2)s1. The van der Waals surface area contributed by atoms with E-state index in [4.69, 9.17) is 4.74 Å². The highest BCUT2D eigenvalue weighted by Gasteiger charge is 2.17. The molecule has 0 spiro atoms. The second-order valence-electron chi connectivity index (χ2n) is 5.54. The van der Waals surface area contributed by atoms with E-state index in [1.165, 1.54) is 17.7 Å². The summed E-state index contributed by atoms with van der Waals surface area (Å²) in [5.74, 6) is 0. The second kappa shape index (κ2) is 8.08. The van der Waals surface area contributed by atoms with Crippen molar-refractivity contribution in [3.8, 4) is 0 Å². The van der Waals surface area contributed by atoms with Crippen LogP contribution in [0.3, 0.4) is 0 Å². The Morgan fingerprint density at radius 2 is 2.25 bits per heavy atom. The van der Waals surface area contributed by atoms with Crippen LogP contribution in [0, 0.1) is 0 Å². The number of aromatic nitrogens is 1. The molecule has 2 rings (SSSR count). The Labute approximate surface area is 125 Å². The number of aryl methyl sites for hydroxylation is 1. The van der Waals surface area contributed by atoms with Gasteiger partial charge >= 0.3 is 0 Å². The molecule has 0 radical (unpaired) electrons. The van der Waals surface area contributed by atoms with Crippen molar-refractivity contribution >= 4 is 11.3 Å². The first-order valence-electron chi connectivity index (χ1n) is 7.66. The summed E-state index contributed by atoms with van der Waals surface area (Å²) in [4.78, 5) is 5.72. The quantitative estimate of drug-likeness (QED) is 0.775. The lowest BCUT2D eigenvalue weighted by Crippen LogP contribution is -2.33. The molecule has 1 aliphatic carbocycles. The molecular formula is C15H26N2O2S. The van der Waals surface area contributed by atoms with E-state index in [9.17, 15) is 5.11 Å². The third-order valence-corrected chi connectivity index (χ3v) is 5.10. The number of aliphatic hydroxyl groups is 1. The molecule has 4 nitrogen and oxygen atoms in total. The number of rotatable bonds is 8. The van der Waals surface area contributed by atoms with Gasteiger partial charge in [0.25, 0.3) is 0 Å². The molecule has 0 amide bonds. The van der Waals surface area contributed by atoms with E-state index in [2.05, 4.69) is 24.1 Å². The summed E-state index contributed by atoms with van der Waals surface area (Å²) in [6.45, 7) is 5.21. The summed E-state index contributed by atoms with van der Waals surface area (Å²) < 4.78 is 5.72. The second-order valence-corrected chi connectivity index (χ2v) is 6.69. The molecule has 1 aromatic heterocycles. The molecule has 2 N–H and O–H groups in total. The largest absolute Gasteiger partial charge is 0.389 e. The van der Waals surface area contributed by atoms with Gasteiger partial charge in [0.2, 0.25) is 0 Å². The van der Waals surface area contributed by atoms with Crippen molar-refractivity contribution in [2.24, 2.45) is 0 Å². The summed E-state index contributed by atoms with van der Waals surface area (Å²) in [5.41, 5.74) is 0. The minimum atomic E-state index is -0.441.